The molecule has 2 atom stereocenters. The van der Waals surface area contributed by atoms with E-state index in [-0.39, 0.29) is 36.2 Å². The van der Waals surface area contributed by atoms with Crippen molar-refractivity contribution < 1.29 is 9.59 Å². The normalized spacial score (nSPS) is 21.9. The maximum Gasteiger partial charge on any atom is 0.266 e. The molecular formula is C17H24ClN7O2S. The first kappa shape index (κ1) is 20.7. The minimum absolute atomic E-state index is 0. The Morgan fingerprint density at radius 1 is 1.32 bits per heavy atom. The van der Waals surface area contributed by atoms with Crippen molar-refractivity contribution in [2.45, 2.75) is 31.7 Å². The lowest BCUT2D eigenvalue weighted by molar-refractivity contribution is -0.123. The van der Waals surface area contributed by atoms with Crippen LogP contribution in [0.5, 0.6) is 0 Å². The van der Waals surface area contributed by atoms with Crippen LogP contribution in [0.15, 0.2) is 17.8 Å². The molecule has 0 radical (unpaired) electrons. The van der Waals surface area contributed by atoms with Crippen molar-refractivity contribution in [2.24, 2.45) is 5.92 Å². The molecule has 2 aliphatic heterocycles. The largest absolute Gasteiger partial charge is 0.354 e. The van der Waals surface area contributed by atoms with Crippen LogP contribution in [0.2, 0.25) is 0 Å². The summed E-state index contributed by atoms with van der Waals surface area (Å²) < 4.78 is 1.51. The fourth-order valence-corrected chi connectivity index (χ4v) is 4.60. The molecule has 2 amide bonds. The number of nitrogens with one attached hydrogen (secondary N) is 2. The van der Waals surface area contributed by atoms with Crippen molar-refractivity contribution in [3.8, 4) is 5.69 Å². The number of hydrogen-bond donors (Lipinski definition) is 2. The Morgan fingerprint density at radius 2 is 2.21 bits per heavy atom. The maximum absolute atomic E-state index is 13.0. The quantitative estimate of drug-likeness (QED) is 0.736. The van der Waals surface area contributed by atoms with Crippen molar-refractivity contribution in [1.82, 2.24) is 35.7 Å². The SMILES string of the molecule is Cl.O=C(NCC1CCCN(C(=O)c2sccc2-n2cnnn2)C1)C1CCCN1. The maximum atomic E-state index is 13.0. The van der Waals surface area contributed by atoms with E-state index in [0.717, 1.165) is 38.8 Å². The number of carbonyl (C=O) groups is 2. The highest BCUT2D eigenvalue weighted by Gasteiger charge is 2.28. The molecule has 2 aliphatic rings. The lowest BCUT2D eigenvalue weighted by Crippen LogP contribution is -2.46. The smallest absolute Gasteiger partial charge is 0.266 e. The molecule has 0 spiro atoms. The molecule has 0 aromatic carbocycles. The molecule has 2 unspecified atom stereocenters. The second-order valence-electron chi connectivity index (χ2n) is 7.04. The van der Waals surface area contributed by atoms with Crippen molar-refractivity contribution in [1.29, 1.82) is 0 Å². The molecule has 0 saturated carbocycles. The molecule has 4 rings (SSSR count). The molecule has 4 heterocycles. The molecule has 2 fully saturated rings. The summed E-state index contributed by atoms with van der Waals surface area (Å²) >= 11 is 1.40. The number of halogens is 1. The molecule has 28 heavy (non-hydrogen) atoms. The second kappa shape index (κ2) is 9.44. The van der Waals surface area contributed by atoms with E-state index >= 15 is 0 Å². The summed E-state index contributed by atoms with van der Waals surface area (Å²) in [7, 11) is 0. The number of thiophene rings is 1. The molecule has 11 heteroatoms. The molecule has 2 saturated heterocycles. The van der Waals surface area contributed by atoms with Gasteiger partial charge in [-0.3, -0.25) is 9.59 Å². The summed E-state index contributed by atoms with van der Waals surface area (Å²) in [6, 6.07) is 1.79. The first-order valence-corrected chi connectivity index (χ1v) is 10.2. The summed E-state index contributed by atoms with van der Waals surface area (Å²) in [6.45, 7) is 2.92. The van der Waals surface area contributed by atoms with E-state index < -0.39 is 0 Å². The minimum atomic E-state index is -0.0590. The van der Waals surface area contributed by atoms with Gasteiger partial charge in [-0.25, -0.2) is 0 Å². The van der Waals surface area contributed by atoms with Gasteiger partial charge in [-0.05, 0) is 60.0 Å². The summed E-state index contributed by atoms with van der Waals surface area (Å²) in [5.74, 6) is 0.365. The fraction of sp³-hybridized carbons (Fsp3) is 0.588. The number of nitrogens with zero attached hydrogens (tertiary/aromatic N) is 5. The monoisotopic (exact) mass is 425 g/mol. The zero-order chi connectivity index (χ0) is 18.6. The van der Waals surface area contributed by atoms with Gasteiger partial charge in [0.05, 0.1) is 11.7 Å². The van der Waals surface area contributed by atoms with E-state index in [1.165, 1.54) is 22.3 Å². The highest BCUT2D eigenvalue weighted by atomic mass is 35.5. The summed E-state index contributed by atoms with van der Waals surface area (Å²) in [4.78, 5) is 27.7. The molecule has 2 aromatic heterocycles. The van der Waals surface area contributed by atoms with Crippen LogP contribution in [0.3, 0.4) is 0 Å². The Labute approximate surface area is 173 Å². The van der Waals surface area contributed by atoms with Gasteiger partial charge in [-0.2, -0.15) is 4.68 Å². The van der Waals surface area contributed by atoms with Crippen LogP contribution in [0.1, 0.15) is 35.4 Å². The van der Waals surface area contributed by atoms with Gasteiger partial charge in [0.15, 0.2) is 0 Å². The number of piperidine rings is 1. The van der Waals surface area contributed by atoms with Gasteiger partial charge < -0.3 is 15.5 Å². The van der Waals surface area contributed by atoms with Gasteiger partial charge in [0.25, 0.3) is 5.91 Å². The standard InChI is InChI=1S/C17H23N7O2S.ClH/c25-16(13-4-1-6-18-13)19-9-12-3-2-7-23(10-12)17(26)15-14(5-8-27-15)24-11-20-21-22-24;/h5,8,11-13,18H,1-4,6-7,9-10H2,(H,19,25);1H. The fourth-order valence-electron chi connectivity index (χ4n) is 3.75. The number of amides is 2. The topological polar surface area (TPSA) is 105 Å². The van der Waals surface area contributed by atoms with Crippen molar-refractivity contribution in [2.75, 3.05) is 26.2 Å². The highest BCUT2D eigenvalue weighted by molar-refractivity contribution is 7.12. The van der Waals surface area contributed by atoms with E-state index in [4.69, 9.17) is 0 Å². The van der Waals surface area contributed by atoms with Crippen LogP contribution in [0.4, 0.5) is 0 Å². The number of tetrazole rings is 1. The average Bonchev–Trinajstić information content (AvgIpc) is 3.46. The third-order valence-corrected chi connectivity index (χ3v) is 6.07. The first-order chi connectivity index (χ1) is 13.2. The summed E-state index contributed by atoms with van der Waals surface area (Å²) in [5, 5.41) is 19.3. The van der Waals surface area contributed by atoms with E-state index in [9.17, 15) is 9.59 Å². The van der Waals surface area contributed by atoms with E-state index in [1.807, 2.05) is 16.3 Å². The van der Waals surface area contributed by atoms with Gasteiger partial charge in [0.1, 0.15) is 11.2 Å². The molecule has 0 aliphatic carbocycles. The minimum Gasteiger partial charge on any atom is -0.354 e. The van der Waals surface area contributed by atoms with Crippen LogP contribution in [-0.4, -0.2) is 69.1 Å². The predicted octanol–water partition coefficient (Wildman–Crippen LogP) is 0.866. The lowest BCUT2D eigenvalue weighted by Gasteiger charge is -2.33. The average molecular weight is 426 g/mol. The van der Waals surface area contributed by atoms with Gasteiger partial charge >= 0.3 is 0 Å². The molecule has 152 valence electrons. The van der Waals surface area contributed by atoms with Gasteiger partial charge in [0.2, 0.25) is 5.91 Å². The lowest BCUT2D eigenvalue weighted by atomic mass is 9.97. The molecule has 9 nitrogen and oxygen atoms in total. The Kier molecular flexibility index (Phi) is 6.97. The Balaban J connectivity index is 0.00000225. The van der Waals surface area contributed by atoms with Crippen LogP contribution in [0.25, 0.3) is 5.69 Å². The Morgan fingerprint density at radius 3 is 2.96 bits per heavy atom. The number of carbonyl (C=O) groups excluding carboxylic acids is 2. The van der Waals surface area contributed by atoms with Crippen molar-refractivity contribution in [3.05, 3.63) is 22.7 Å². The molecule has 2 N–H and O–H groups in total. The van der Waals surface area contributed by atoms with Crippen LogP contribution < -0.4 is 10.6 Å². The van der Waals surface area contributed by atoms with Gasteiger partial charge in [-0.1, -0.05) is 0 Å². The molecule has 2 aromatic rings. The Hall–Kier alpha value is -2.04. The van der Waals surface area contributed by atoms with Gasteiger partial charge in [0, 0.05) is 19.6 Å². The van der Waals surface area contributed by atoms with Crippen LogP contribution in [0, 0.1) is 5.92 Å². The zero-order valence-corrected chi connectivity index (χ0v) is 17.0. The van der Waals surface area contributed by atoms with Crippen LogP contribution >= 0.6 is 23.7 Å². The first-order valence-electron chi connectivity index (χ1n) is 9.33. The third kappa shape index (κ3) is 4.50. The Bertz CT molecular complexity index is 791. The van der Waals surface area contributed by atoms with E-state index in [2.05, 4.69) is 26.2 Å². The van der Waals surface area contributed by atoms with E-state index in [0.29, 0.717) is 23.7 Å². The third-order valence-electron chi connectivity index (χ3n) is 5.18. The molecule has 0 bridgehead atoms. The number of likely N-dealkylation sites (tertiary alicyclic amines) is 1. The van der Waals surface area contributed by atoms with Crippen molar-refractivity contribution >= 4 is 35.6 Å². The summed E-state index contributed by atoms with van der Waals surface area (Å²) in [6.07, 6.45) is 5.41. The van der Waals surface area contributed by atoms with Gasteiger partial charge in [-0.15, -0.1) is 28.8 Å². The predicted molar refractivity (Wildman–Crippen MR) is 107 cm³/mol. The zero-order valence-electron chi connectivity index (χ0n) is 15.4. The van der Waals surface area contributed by atoms with Crippen LogP contribution in [-0.2, 0) is 4.79 Å². The van der Waals surface area contributed by atoms with Crippen molar-refractivity contribution in [3.63, 3.8) is 0 Å². The second-order valence-corrected chi connectivity index (χ2v) is 7.96. The van der Waals surface area contributed by atoms with E-state index in [1.54, 1.807) is 0 Å². The number of rotatable bonds is 5. The number of aromatic nitrogens is 4. The number of hydrogen-bond acceptors (Lipinski definition) is 7. The molecular weight excluding hydrogens is 402 g/mol. The summed E-state index contributed by atoms with van der Waals surface area (Å²) in [5.41, 5.74) is 0.706. The highest BCUT2D eigenvalue weighted by Crippen LogP contribution is 2.25.